The lowest BCUT2D eigenvalue weighted by atomic mass is 9.90. The molecule has 0 amide bonds. The summed E-state index contributed by atoms with van der Waals surface area (Å²) in [6, 6.07) is -0.131. The molecular formula is C13H25NO3. The van der Waals surface area contributed by atoms with Gasteiger partial charge in [-0.15, -0.1) is 0 Å². The first-order chi connectivity index (χ1) is 7.92. The van der Waals surface area contributed by atoms with E-state index < -0.39 is 0 Å². The average Bonchev–Trinajstić information content (AvgIpc) is 2.27. The number of nitrogens with one attached hydrogen (secondary N) is 1. The summed E-state index contributed by atoms with van der Waals surface area (Å²) in [4.78, 5) is 11.4. The molecule has 4 heteroatoms. The molecule has 1 aliphatic rings. The van der Waals surface area contributed by atoms with Crippen molar-refractivity contribution in [2.45, 2.75) is 51.7 Å². The summed E-state index contributed by atoms with van der Waals surface area (Å²) in [5, 5.41) is 3.19. The molecule has 0 saturated carbocycles. The van der Waals surface area contributed by atoms with Crippen molar-refractivity contribution in [1.29, 1.82) is 0 Å². The normalized spacial score (nSPS) is 25.6. The Balaban J connectivity index is 2.28. The third-order valence-electron chi connectivity index (χ3n) is 3.06. The molecule has 0 spiro atoms. The number of rotatable bonds is 4. The van der Waals surface area contributed by atoms with Crippen molar-refractivity contribution >= 4 is 5.97 Å². The van der Waals surface area contributed by atoms with Crippen LogP contribution in [0, 0.1) is 5.92 Å². The molecule has 4 nitrogen and oxygen atoms in total. The number of piperidine rings is 1. The lowest BCUT2D eigenvalue weighted by Crippen LogP contribution is -2.44. The maximum atomic E-state index is 11.4. The van der Waals surface area contributed by atoms with E-state index >= 15 is 0 Å². The van der Waals surface area contributed by atoms with E-state index in [-0.39, 0.29) is 17.6 Å². The zero-order valence-electron chi connectivity index (χ0n) is 11.4. The molecule has 0 aromatic rings. The summed E-state index contributed by atoms with van der Waals surface area (Å²) < 4.78 is 10.5. The summed E-state index contributed by atoms with van der Waals surface area (Å²) in [6.45, 7) is 7.84. The van der Waals surface area contributed by atoms with E-state index in [0.29, 0.717) is 5.92 Å². The molecule has 0 aromatic carbocycles. The highest BCUT2D eigenvalue weighted by atomic mass is 16.5. The van der Waals surface area contributed by atoms with Crippen molar-refractivity contribution in [3.05, 3.63) is 0 Å². The summed E-state index contributed by atoms with van der Waals surface area (Å²) in [5.41, 5.74) is -0.0747. The maximum absolute atomic E-state index is 11.4. The standard InChI is InChI=1S/C13H25NO3/c1-13(2,3)17-8-6-10-5-7-14-11(9-10)12(15)16-4/h10-11,14H,5-9H2,1-4H3. The molecular weight excluding hydrogens is 218 g/mol. The highest BCUT2D eigenvalue weighted by Crippen LogP contribution is 2.21. The first-order valence-electron chi connectivity index (χ1n) is 6.37. The Morgan fingerprint density at radius 3 is 2.71 bits per heavy atom. The molecule has 2 unspecified atom stereocenters. The zero-order chi connectivity index (χ0) is 12.9. The third-order valence-corrected chi connectivity index (χ3v) is 3.06. The molecule has 2 atom stereocenters. The molecule has 0 radical (unpaired) electrons. The predicted molar refractivity (Wildman–Crippen MR) is 66.9 cm³/mol. The number of esters is 1. The Morgan fingerprint density at radius 1 is 1.41 bits per heavy atom. The van der Waals surface area contributed by atoms with Crippen molar-refractivity contribution in [3.8, 4) is 0 Å². The van der Waals surface area contributed by atoms with Crippen molar-refractivity contribution in [3.63, 3.8) is 0 Å². The van der Waals surface area contributed by atoms with Crippen molar-refractivity contribution in [1.82, 2.24) is 5.32 Å². The monoisotopic (exact) mass is 243 g/mol. The second-order valence-corrected chi connectivity index (χ2v) is 5.67. The van der Waals surface area contributed by atoms with Crippen LogP contribution in [0.25, 0.3) is 0 Å². The number of carbonyl (C=O) groups excluding carboxylic acids is 1. The smallest absolute Gasteiger partial charge is 0.322 e. The van der Waals surface area contributed by atoms with Crippen LogP contribution >= 0.6 is 0 Å². The van der Waals surface area contributed by atoms with Gasteiger partial charge in [0.05, 0.1) is 12.7 Å². The van der Waals surface area contributed by atoms with Crippen LogP contribution < -0.4 is 5.32 Å². The highest BCUT2D eigenvalue weighted by Gasteiger charge is 2.27. The van der Waals surface area contributed by atoms with E-state index in [0.717, 1.165) is 32.4 Å². The van der Waals surface area contributed by atoms with Gasteiger partial charge >= 0.3 is 5.97 Å². The maximum Gasteiger partial charge on any atom is 0.322 e. The fourth-order valence-electron chi connectivity index (χ4n) is 2.11. The molecule has 1 heterocycles. The van der Waals surface area contributed by atoms with E-state index in [1.54, 1.807) is 0 Å². The average molecular weight is 243 g/mol. The van der Waals surface area contributed by atoms with E-state index in [2.05, 4.69) is 26.1 Å². The molecule has 0 aliphatic carbocycles. The van der Waals surface area contributed by atoms with Crippen LogP contribution in [0.3, 0.4) is 0 Å². The number of hydrogen-bond donors (Lipinski definition) is 1. The number of methoxy groups -OCH3 is 1. The molecule has 1 aliphatic heterocycles. The molecule has 1 fully saturated rings. The minimum absolute atomic E-state index is 0.0747. The van der Waals surface area contributed by atoms with Gasteiger partial charge in [0.2, 0.25) is 0 Å². The lowest BCUT2D eigenvalue weighted by Gasteiger charge is -2.29. The zero-order valence-corrected chi connectivity index (χ0v) is 11.4. The van der Waals surface area contributed by atoms with Crippen LogP contribution in [0.4, 0.5) is 0 Å². The Morgan fingerprint density at radius 2 is 2.12 bits per heavy atom. The van der Waals surface area contributed by atoms with Crippen LogP contribution in [0.5, 0.6) is 0 Å². The van der Waals surface area contributed by atoms with Gasteiger partial charge in [0.25, 0.3) is 0 Å². The fourth-order valence-corrected chi connectivity index (χ4v) is 2.11. The van der Waals surface area contributed by atoms with Crippen LogP contribution in [-0.2, 0) is 14.3 Å². The summed E-state index contributed by atoms with van der Waals surface area (Å²) in [5.74, 6) is 0.411. The van der Waals surface area contributed by atoms with Gasteiger partial charge in [-0.05, 0) is 52.5 Å². The minimum atomic E-state index is -0.147. The fraction of sp³-hybridized carbons (Fsp3) is 0.923. The van der Waals surface area contributed by atoms with Crippen LogP contribution in [0.1, 0.15) is 40.0 Å². The van der Waals surface area contributed by atoms with Crippen LogP contribution in [-0.4, -0.2) is 37.9 Å². The Labute approximate surface area is 104 Å². The van der Waals surface area contributed by atoms with Gasteiger partial charge in [-0.1, -0.05) is 0 Å². The molecule has 1 N–H and O–H groups in total. The number of ether oxygens (including phenoxy) is 2. The SMILES string of the molecule is COC(=O)C1CC(CCOC(C)(C)C)CCN1. The van der Waals surface area contributed by atoms with E-state index in [1.807, 2.05) is 0 Å². The van der Waals surface area contributed by atoms with Gasteiger partial charge in [-0.2, -0.15) is 0 Å². The number of hydrogen-bond acceptors (Lipinski definition) is 4. The molecule has 1 saturated heterocycles. The van der Waals surface area contributed by atoms with Gasteiger partial charge in [0.15, 0.2) is 0 Å². The molecule has 100 valence electrons. The van der Waals surface area contributed by atoms with Gasteiger partial charge < -0.3 is 14.8 Å². The van der Waals surface area contributed by atoms with Gasteiger partial charge in [0, 0.05) is 6.61 Å². The van der Waals surface area contributed by atoms with Crippen molar-refractivity contribution in [2.24, 2.45) is 5.92 Å². The highest BCUT2D eigenvalue weighted by molar-refractivity contribution is 5.75. The summed E-state index contributed by atoms with van der Waals surface area (Å²) >= 11 is 0. The van der Waals surface area contributed by atoms with Gasteiger partial charge in [-0.25, -0.2) is 0 Å². The molecule has 17 heavy (non-hydrogen) atoms. The second kappa shape index (κ2) is 6.36. The molecule has 0 aromatic heterocycles. The Hall–Kier alpha value is -0.610. The van der Waals surface area contributed by atoms with E-state index in [4.69, 9.17) is 9.47 Å². The van der Waals surface area contributed by atoms with Crippen molar-refractivity contribution in [2.75, 3.05) is 20.3 Å². The summed E-state index contributed by atoms with van der Waals surface area (Å²) in [7, 11) is 1.44. The van der Waals surface area contributed by atoms with Gasteiger partial charge in [-0.3, -0.25) is 4.79 Å². The first-order valence-corrected chi connectivity index (χ1v) is 6.37. The first kappa shape index (κ1) is 14.5. The quantitative estimate of drug-likeness (QED) is 0.764. The third kappa shape index (κ3) is 5.50. The Kier molecular flexibility index (Phi) is 5.40. The van der Waals surface area contributed by atoms with Crippen LogP contribution in [0.2, 0.25) is 0 Å². The second-order valence-electron chi connectivity index (χ2n) is 5.67. The van der Waals surface area contributed by atoms with E-state index in [1.165, 1.54) is 7.11 Å². The molecule has 1 rings (SSSR count). The number of carbonyl (C=O) groups is 1. The molecule has 0 bridgehead atoms. The largest absolute Gasteiger partial charge is 0.468 e. The van der Waals surface area contributed by atoms with E-state index in [9.17, 15) is 4.79 Å². The van der Waals surface area contributed by atoms with Gasteiger partial charge in [0.1, 0.15) is 6.04 Å². The topological polar surface area (TPSA) is 47.6 Å². The van der Waals surface area contributed by atoms with Crippen molar-refractivity contribution < 1.29 is 14.3 Å². The lowest BCUT2D eigenvalue weighted by molar-refractivity contribution is -0.144. The summed E-state index contributed by atoms with van der Waals surface area (Å²) in [6.07, 6.45) is 2.99. The Bertz CT molecular complexity index is 248. The predicted octanol–water partition coefficient (Wildman–Crippen LogP) is 1.73. The van der Waals surface area contributed by atoms with Crippen LogP contribution in [0.15, 0.2) is 0 Å². The minimum Gasteiger partial charge on any atom is -0.468 e.